The fraction of sp³-hybridized carbons (Fsp3) is 0.517. The van der Waals surface area contributed by atoms with E-state index in [2.05, 4.69) is 130 Å². The minimum absolute atomic E-state index is 0.135. The largest absolute Gasteiger partial charge is 0.462 e. The molecule has 366 valence electrons. The molecule has 0 aromatic carbocycles. The molecule has 0 spiro atoms. The normalized spacial score (nSPS) is 13.4. The van der Waals surface area contributed by atoms with Gasteiger partial charge < -0.3 is 14.2 Å². The van der Waals surface area contributed by atoms with Gasteiger partial charge in [-0.05, 0) is 109 Å². The highest BCUT2D eigenvalue weighted by atomic mass is 16.6. The topological polar surface area (TPSA) is 78.9 Å². The van der Waals surface area contributed by atoms with Gasteiger partial charge in [0.1, 0.15) is 13.2 Å². The molecule has 0 N–H and O–H groups in total. The van der Waals surface area contributed by atoms with E-state index >= 15 is 0 Å². The molecular weight excluding hydrogens is 817 g/mol. The zero-order valence-electron chi connectivity index (χ0n) is 41.6. The van der Waals surface area contributed by atoms with Crippen molar-refractivity contribution in [3.8, 4) is 0 Å². The van der Waals surface area contributed by atoms with Crippen LogP contribution >= 0.6 is 0 Å². The number of allylic oxidation sites excluding steroid dienone is 26. The van der Waals surface area contributed by atoms with Crippen LogP contribution in [0.5, 0.6) is 0 Å². The molecule has 1 atom stereocenters. The molecule has 0 saturated heterocycles. The van der Waals surface area contributed by atoms with Gasteiger partial charge >= 0.3 is 17.9 Å². The lowest BCUT2D eigenvalue weighted by Crippen LogP contribution is -2.30. The Labute approximate surface area is 403 Å². The van der Waals surface area contributed by atoms with Crippen LogP contribution in [0.3, 0.4) is 0 Å². The molecule has 1 unspecified atom stereocenters. The van der Waals surface area contributed by atoms with Crippen molar-refractivity contribution in [3.63, 3.8) is 0 Å². The summed E-state index contributed by atoms with van der Waals surface area (Å²) in [5, 5.41) is 0. The lowest BCUT2D eigenvalue weighted by atomic mass is 10.1. The first-order valence-corrected chi connectivity index (χ1v) is 25.5. The van der Waals surface area contributed by atoms with E-state index in [0.717, 1.165) is 122 Å². The summed E-state index contributed by atoms with van der Waals surface area (Å²) in [7, 11) is 0. The maximum Gasteiger partial charge on any atom is 0.306 e. The summed E-state index contributed by atoms with van der Waals surface area (Å²) in [6, 6.07) is 0. The molecule has 66 heavy (non-hydrogen) atoms. The van der Waals surface area contributed by atoms with Crippen LogP contribution in [0.1, 0.15) is 181 Å². The second-order valence-electron chi connectivity index (χ2n) is 16.0. The summed E-state index contributed by atoms with van der Waals surface area (Å²) < 4.78 is 16.7. The highest BCUT2D eigenvalue weighted by molar-refractivity contribution is 5.71. The summed E-state index contributed by atoms with van der Waals surface area (Å²) in [6.45, 7) is 6.13. The molecule has 0 rings (SSSR count). The fourth-order valence-electron chi connectivity index (χ4n) is 6.14. The summed E-state index contributed by atoms with van der Waals surface area (Å²) in [6.07, 6.45) is 76.7. The highest BCUT2D eigenvalue weighted by Crippen LogP contribution is 2.12. The van der Waals surface area contributed by atoms with Gasteiger partial charge in [0.05, 0.1) is 0 Å². The number of hydrogen-bond acceptors (Lipinski definition) is 6. The van der Waals surface area contributed by atoms with Gasteiger partial charge in [0.2, 0.25) is 0 Å². The zero-order valence-corrected chi connectivity index (χ0v) is 41.6. The molecule has 0 aromatic rings. The Balaban J connectivity index is 4.61. The first-order chi connectivity index (χ1) is 32.5. The predicted octanol–water partition coefficient (Wildman–Crippen LogP) is 17.0. The first kappa shape index (κ1) is 61.0. The van der Waals surface area contributed by atoms with Gasteiger partial charge in [0, 0.05) is 19.3 Å². The number of esters is 3. The van der Waals surface area contributed by atoms with Crippen molar-refractivity contribution in [3.05, 3.63) is 158 Å². The number of hydrogen-bond donors (Lipinski definition) is 0. The van der Waals surface area contributed by atoms with Crippen molar-refractivity contribution < 1.29 is 28.6 Å². The van der Waals surface area contributed by atoms with Gasteiger partial charge in [-0.15, -0.1) is 0 Å². The van der Waals surface area contributed by atoms with Crippen molar-refractivity contribution in [2.24, 2.45) is 0 Å². The van der Waals surface area contributed by atoms with E-state index in [1.165, 1.54) is 12.8 Å². The summed E-state index contributed by atoms with van der Waals surface area (Å²) in [5.41, 5.74) is 0. The first-order valence-electron chi connectivity index (χ1n) is 25.5. The number of carbonyl (C=O) groups excluding carboxylic acids is 3. The van der Waals surface area contributed by atoms with Gasteiger partial charge in [0.25, 0.3) is 0 Å². The van der Waals surface area contributed by atoms with Crippen molar-refractivity contribution >= 4 is 17.9 Å². The Morgan fingerprint density at radius 1 is 0.318 bits per heavy atom. The Morgan fingerprint density at radius 3 is 1.14 bits per heavy atom. The third kappa shape index (κ3) is 50.0. The molecule has 0 radical (unpaired) electrons. The van der Waals surface area contributed by atoms with Crippen LogP contribution in [0.2, 0.25) is 0 Å². The second-order valence-corrected chi connectivity index (χ2v) is 16.0. The van der Waals surface area contributed by atoms with Crippen LogP contribution < -0.4 is 0 Å². The Morgan fingerprint density at radius 2 is 0.652 bits per heavy atom. The molecular formula is C60H90O6. The van der Waals surface area contributed by atoms with E-state index in [9.17, 15) is 14.4 Å². The molecule has 0 amide bonds. The van der Waals surface area contributed by atoms with Gasteiger partial charge in [-0.3, -0.25) is 14.4 Å². The quantitative estimate of drug-likeness (QED) is 0.0199. The van der Waals surface area contributed by atoms with Crippen LogP contribution in [-0.2, 0) is 28.6 Å². The van der Waals surface area contributed by atoms with Crippen LogP contribution in [0.4, 0.5) is 0 Å². The SMILES string of the molecule is CC/C=C/C=C/C=C/C=C/CCCCCC(=O)OCC(COC(=O)CC/C=C/C/C=C/C/C=C/C/C=C/C/C=C/C/C=C/CC)OC(=O)CCCCCCCC/C=C/C/C=C/C/C=C/CC. The Hall–Kier alpha value is -4.97. The zero-order chi connectivity index (χ0) is 47.9. The third-order valence-corrected chi connectivity index (χ3v) is 9.87. The van der Waals surface area contributed by atoms with E-state index < -0.39 is 6.10 Å². The number of rotatable bonds is 43. The summed E-state index contributed by atoms with van der Waals surface area (Å²) in [5.74, 6) is -1.09. The molecule has 6 heteroatoms. The van der Waals surface area contributed by atoms with E-state index in [-0.39, 0.29) is 50.4 Å². The molecule has 0 aliphatic rings. The molecule has 6 nitrogen and oxygen atoms in total. The van der Waals surface area contributed by atoms with Gasteiger partial charge in [-0.25, -0.2) is 0 Å². The number of unbranched alkanes of at least 4 members (excludes halogenated alkanes) is 9. The lowest BCUT2D eigenvalue weighted by Gasteiger charge is -2.18. The van der Waals surface area contributed by atoms with Crippen molar-refractivity contribution in [2.75, 3.05) is 13.2 Å². The van der Waals surface area contributed by atoms with Gasteiger partial charge in [0.15, 0.2) is 6.10 Å². The number of carbonyl (C=O) groups is 3. The Bertz CT molecular complexity index is 1560. The maximum absolute atomic E-state index is 12.8. The van der Waals surface area contributed by atoms with Crippen LogP contribution in [0.25, 0.3) is 0 Å². The minimum Gasteiger partial charge on any atom is -0.462 e. The van der Waals surface area contributed by atoms with E-state index in [0.29, 0.717) is 6.42 Å². The maximum atomic E-state index is 12.8. The fourth-order valence-corrected chi connectivity index (χ4v) is 6.14. The summed E-state index contributed by atoms with van der Waals surface area (Å²) in [4.78, 5) is 38.0. The highest BCUT2D eigenvalue weighted by Gasteiger charge is 2.19. The predicted molar refractivity (Wildman–Crippen MR) is 283 cm³/mol. The van der Waals surface area contributed by atoms with E-state index in [1.807, 2.05) is 48.6 Å². The average molecular weight is 907 g/mol. The standard InChI is InChI=1S/C60H90O6/c1-4-7-10-13-16-19-22-25-27-29-30-31-33-35-38-41-44-47-50-53-59(62)65-56-57(55-64-58(61)52-49-46-43-40-37-34-24-21-18-15-12-9-6-3)66-60(63)54-51-48-45-42-39-36-32-28-26-23-20-17-14-11-8-5-2/h7-12,15-21,24-28,30-31,34-35,37-38,44,47,57H,4-6,13-14,22-23,29,32-33,36,39-43,45-46,48-56H2,1-3H3/b10-7+,11-8+,12-9+,18-15+,19-16+,20-17+,24-21+,27-25+,28-26+,31-30+,37-34+,38-35+,47-44+. The molecule has 0 aliphatic carbocycles. The van der Waals surface area contributed by atoms with Crippen LogP contribution in [-0.4, -0.2) is 37.2 Å². The molecule has 0 fully saturated rings. The van der Waals surface area contributed by atoms with E-state index in [1.54, 1.807) is 0 Å². The third-order valence-electron chi connectivity index (χ3n) is 9.87. The second kappa shape index (κ2) is 52.7. The van der Waals surface area contributed by atoms with Crippen molar-refractivity contribution in [1.29, 1.82) is 0 Å². The van der Waals surface area contributed by atoms with E-state index in [4.69, 9.17) is 14.2 Å². The van der Waals surface area contributed by atoms with Crippen molar-refractivity contribution in [1.82, 2.24) is 0 Å². The Kier molecular flexibility index (Phi) is 48.7. The molecule has 0 aromatic heterocycles. The average Bonchev–Trinajstić information content (AvgIpc) is 3.31. The smallest absolute Gasteiger partial charge is 0.306 e. The molecule has 0 aliphatic heterocycles. The van der Waals surface area contributed by atoms with Crippen LogP contribution in [0.15, 0.2) is 158 Å². The van der Waals surface area contributed by atoms with Gasteiger partial charge in [-0.1, -0.05) is 211 Å². The van der Waals surface area contributed by atoms with Crippen molar-refractivity contribution in [2.45, 2.75) is 187 Å². The molecule has 0 heterocycles. The number of ether oxygens (including phenoxy) is 3. The lowest BCUT2D eigenvalue weighted by molar-refractivity contribution is -0.166. The molecule has 0 saturated carbocycles. The molecule has 0 bridgehead atoms. The minimum atomic E-state index is -0.839. The summed E-state index contributed by atoms with van der Waals surface area (Å²) >= 11 is 0. The van der Waals surface area contributed by atoms with Crippen LogP contribution in [0, 0.1) is 0 Å². The van der Waals surface area contributed by atoms with Gasteiger partial charge in [-0.2, -0.15) is 0 Å². The monoisotopic (exact) mass is 907 g/mol.